The van der Waals surface area contributed by atoms with Crippen molar-refractivity contribution in [2.24, 2.45) is 10.4 Å². The summed E-state index contributed by atoms with van der Waals surface area (Å²) in [5.41, 5.74) is 0. The van der Waals surface area contributed by atoms with Crippen molar-refractivity contribution in [2.45, 2.75) is 88.4 Å². The Bertz CT molecular complexity index is 279. The maximum absolute atomic E-state index is 4.66. The molecular formula is C14H24N4. The largest absolute Gasteiger partial charge is 0.271 e. The fourth-order valence-electron chi connectivity index (χ4n) is 4.56. The third-order valence-electron chi connectivity index (χ3n) is 5.56. The molecule has 4 saturated heterocycles. The molecule has 4 rings (SSSR count). The van der Waals surface area contributed by atoms with E-state index in [1.807, 2.05) is 0 Å². The van der Waals surface area contributed by atoms with Crippen LogP contribution in [-0.4, -0.2) is 34.2 Å². The van der Waals surface area contributed by atoms with E-state index in [1.165, 1.54) is 64.2 Å². The molecule has 4 aliphatic rings. The number of hydrogen-bond donors (Lipinski definition) is 0. The number of piperidine rings is 2. The summed E-state index contributed by atoms with van der Waals surface area (Å²) in [4.78, 5) is 0. The van der Waals surface area contributed by atoms with Crippen LogP contribution in [0.5, 0.6) is 0 Å². The van der Waals surface area contributed by atoms with Crippen LogP contribution in [-0.2, 0) is 0 Å². The normalized spacial score (nSPS) is 43.1. The summed E-state index contributed by atoms with van der Waals surface area (Å²) in [5.74, 6) is 0. The lowest BCUT2D eigenvalue weighted by molar-refractivity contribution is 0.0794. The van der Waals surface area contributed by atoms with Crippen molar-refractivity contribution >= 4 is 0 Å². The molecule has 0 N–H and O–H groups in total. The predicted octanol–water partition coefficient (Wildman–Crippen LogP) is 3.30. The minimum absolute atomic E-state index is 0.704. The highest BCUT2D eigenvalue weighted by Gasteiger charge is 2.38. The Kier molecular flexibility index (Phi) is 2.70. The first-order chi connectivity index (χ1) is 8.92. The maximum atomic E-state index is 4.66. The van der Waals surface area contributed by atoms with Gasteiger partial charge in [-0.25, -0.2) is 0 Å². The highest BCUT2D eigenvalue weighted by atomic mass is 15.7. The Labute approximate surface area is 109 Å². The van der Waals surface area contributed by atoms with E-state index < -0.39 is 0 Å². The highest BCUT2D eigenvalue weighted by Crippen LogP contribution is 2.38. The lowest BCUT2D eigenvalue weighted by Crippen LogP contribution is -2.38. The molecule has 4 atom stereocenters. The minimum Gasteiger partial charge on any atom is -0.271 e. The van der Waals surface area contributed by atoms with Gasteiger partial charge in [0.2, 0.25) is 0 Å². The first-order valence-electron chi connectivity index (χ1n) is 7.90. The Morgan fingerprint density at radius 1 is 0.500 bits per heavy atom. The van der Waals surface area contributed by atoms with Crippen LogP contribution in [0.4, 0.5) is 0 Å². The second-order valence-electron chi connectivity index (χ2n) is 6.57. The Morgan fingerprint density at radius 3 is 1.17 bits per heavy atom. The number of hydrogen-bond acceptors (Lipinski definition) is 2. The summed E-state index contributed by atoms with van der Waals surface area (Å²) in [7, 11) is 0. The van der Waals surface area contributed by atoms with Crippen molar-refractivity contribution in [2.75, 3.05) is 0 Å². The van der Waals surface area contributed by atoms with Crippen molar-refractivity contribution in [3.8, 4) is 0 Å². The zero-order valence-electron chi connectivity index (χ0n) is 11.2. The zero-order valence-corrected chi connectivity index (χ0v) is 11.2. The lowest BCUT2D eigenvalue weighted by atomic mass is 10.1. The van der Waals surface area contributed by atoms with Gasteiger partial charge in [-0.3, -0.25) is 10.0 Å². The summed E-state index contributed by atoms with van der Waals surface area (Å²) < 4.78 is 0. The third kappa shape index (κ3) is 1.72. The van der Waals surface area contributed by atoms with Crippen LogP contribution in [0.2, 0.25) is 0 Å². The molecular weight excluding hydrogens is 224 g/mol. The summed E-state index contributed by atoms with van der Waals surface area (Å²) in [6.45, 7) is 0. The molecule has 4 bridgehead atoms. The molecule has 0 aromatic heterocycles. The van der Waals surface area contributed by atoms with Gasteiger partial charge in [-0.1, -0.05) is 10.4 Å². The van der Waals surface area contributed by atoms with Crippen LogP contribution in [0.3, 0.4) is 0 Å². The van der Waals surface area contributed by atoms with E-state index in [0.29, 0.717) is 24.2 Å². The van der Waals surface area contributed by atoms with E-state index in [1.54, 1.807) is 0 Å². The minimum atomic E-state index is 0.704. The van der Waals surface area contributed by atoms with Crippen LogP contribution in [0.1, 0.15) is 64.2 Å². The van der Waals surface area contributed by atoms with E-state index in [-0.39, 0.29) is 0 Å². The number of rotatable bonds is 2. The molecule has 4 unspecified atom stereocenters. The highest BCUT2D eigenvalue weighted by molar-refractivity contribution is 4.91. The molecule has 0 aromatic carbocycles. The van der Waals surface area contributed by atoms with Crippen molar-refractivity contribution in [3.05, 3.63) is 0 Å². The van der Waals surface area contributed by atoms with Crippen molar-refractivity contribution in [1.82, 2.24) is 10.0 Å². The molecule has 0 spiro atoms. The fraction of sp³-hybridized carbons (Fsp3) is 1.00. The van der Waals surface area contributed by atoms with Crippen molar-refractivity contribution in [1.29, 1.82) is 0 Å². The summed E-state index contributed by atoms with van der Waals surface area (Å²) >= 11 is 0. The van der Waals surface area contributed by atoms with Gasteiger partial charge < -0.3 is 0 Å². The Balaban J connectivity index is 1.46. The van der Waals surface area contributed by atoms with Gasteiger partial charge in [0.25, 0.3) is 0 Å². The molecule has 0 amide bonds. The average Bonchev–Trinajstić information content (AvgIpc) is 2.74. The standard InChI is InChI=1S/C14H24N4/c1-3-11-7-8-12(4-1)17(11)15-16-18-13-5-2-6-14(18)10-9-13/h11-14H,1-10H2. The van der Waals surface area contributed by atoms with Gasteiger partial charge in [0.1, 0.15) is 0 Å². The van der Waals surface area contributed by atoms with E-state index in [4.69, 9.17) is 0 Å². The predicted molar refractivity (Wildman–Crippen MR) is 69.9 cm³/mol. The molecule has 100 valence electrons. The summed E-state index contributed by atoms with van der Waals surface area (Å²) in [5, 5.41) is 14.0. The van der Waals surface area contributed by atoms with Gasteiger partial charge >= 0.3 is 0 Å². The molecule has 4 fully saturated rings. The SMILES string of the molecule is C1CC2CCC(C1)N2N=NN1C2CCCC1CC2. The molecule has 0 aliphatic carbocycles. The van der Waals surface area contributed by atoms with Gasteiger partial charge in [-0.05, 0) is 64.2 Å². The molecule has 4 nitrogen and oxygen atoms in total. The van der Waals surface area contributed by atoms with Crippen LogP contribution in [0, 0.1) is 0 Å². The second kappa shape index (κ2) is 4.39. The van der Waals surface area contributed by atoms with Crippen molar-refractivity contribution in [3.63, 3.8) is 0 Å². The topological polar surface area (TPSA) is 31.2 Å². The second-order valence-corrected chi connectivity index (χ2v) is 6.57. The molecule has 0 aromatic rings. The first-order valence-corrected chi connectivity index (χ1v) is 7.90. The van der Waals surface area contributed by atoms with Gasteiger partial charge in [-0.15, -0.1) is 0 Å². The lowest BCUT2D eigenvalue weighted by Gasteiger charge is -2.34. The molecule has 4 aliphatic heterocycles. The zero-order chi connectivity index (χ0) is 11.9. The van der Waals surface area contributed by atoms with Gasteiger partial charge in [0, 0.05) is 24.2 Å². The van der Waals surface area contributed by atoms with Gasteiger partial charge in [-0.2, -0.15) is 0 Å². The average molecular weight is 248 g/mol. The van der Waals surface area contributed by atoms with Gasteiger partial charge in [0.15, 0.2) is 0 Å². The third-order valence-corrected chi connectivity index (χ3v) is 5.56. The van der Waals surface area contributed by atoms with E-state index in [2.05, 4.69) is 20.5 Å². The van der Waals surface area contributed by atoms with E-state index in [0.717, 1.165) is 0 Å². The maximum Gasteiger partial charge on any atom is 0.0492 e. The Morgan fingerprint density at radius 2 is 0.833 bits per heavy atom. The quantitative estimate of drug-likeness (QED) is 0.702. The molecule has 0 radical (unpaired) electrons. The van der Waals surface area contributed by atoms with Crippen LogP contribution in [0.15, 0.2) is 10.4 Å². The fourth-order valence-corrected chi connectivity index (χ4v) is 4.56. The monoisotopic (exact) mass is 248 g/mol. The Hall–Kier alpha value is -0.800. The van der Waals surface area contributed by atoms with E-state index >= 15 is 0 Å². The smallest absolute Gasteiger partial charge is 0.0492 e. The van der Waals surface area contributed by atoms with Crippen LogP contribution in [0.25, 0.3) is 0 Å². The molecule has 4 heterocycles. The summed E-state index contributed by atoms with van der Waals surface area (Å²) in [6, 6.07) is 2.81. The number of fused-ring (bicyclic) bond motifs is 4. The van der Waals surface area contributed by atoms with Crippen LogP contribution >= 0.6 is 0 Å². The molecule has 4 heteroatoms. The van der Waals surface area contributed by atoms with Gasteiger partial charge in [0.05, 0.1) is 0 Å². The molecule has 18 heavy (non-hydrogen) atoms. The first kappa shape index (κ1) is 11.1. The number of nitrogens with zero attached hydrogens (tertiary/aromatic N) is 4. The summed E-state index contributed by atoms with van der Waals surface area (Å²) in [6.07, 6.45) is 13.5. The van der Waals surface area contributed by atoms with Crippen molar-refractivity contribution < 1.29 is 0 Å². The van der Waals surface area contributed by atoms with Crippen LogP contribution < -0.4 is 0 Å². The van der Waals surface area contributed by atoms with E-state index in [9.17, 15) is 0 Å². The molecule has 0 saturated carbocycles.